The molecule has 0 atom stereocenters. The minimum absolute atomic E-state index is 0.480. The number of hydrogen-bond donors (Lipinski definition) is 0. The first kappa shape index (κ1) is 12.5. The molecule has 2 heterocycles. The van der Waals surface area contributed by atoms with Crippen molar-refractivity contribution in [2.75, 3.05) is 6.61 Å². The van der Waals surface area contributed by atoms with Gasteiger partial charge in [0.15, 0.2) is 0 Å². The van der Waals surface area contributed by atoms with Crippen LogP contribution >= 0.6 is 0 Å². The molecule has 0 aliphatic carbocycles. The molecule has 0 fully saturated rings. The fourth-order valence-corrected chi connectivity index (χ4v) is 1.89. The summed E-state index contributed by atoms with van der Waals surface area (Å²) in [6, 6.07) is 11.5. The van der Waals surface area contributed by atoms with Gasteiger partial charge in [-0.3, -0.25) is 0 Å². The molecule has 0 aliphatic heterocycles. The molecule has 5 nitrogen and oxygen atoms in total. The molecule has 0 saturated heterocycles. The van der Waals surface area contributed by atoms with Crippen LogP contribution in [0.4, 0.5) is 0 Å². The highest BCUT2D eigenvalue weighted by molar-refractivity contribution is 5.53. The zero-order valence-electron chi connectivity index (χ0n) is 11.1. The van der Waals surface area contributed by atoms with Crippen LogP contribution in [0, 0.1) is 6.92 Å². The summed E-state index contributed by atoms with van der Waals surface area (Å²) in [5.74, 6) is 1.93. The van der Waals surface area contributed by atoms with Gasteiger partial charge in [0.25, 0.3) is 5.88 Å². The largest absolute Gasteiger partial charge is 0.475 e. The van der Waals surface area contributed by atoms with E-state index in [1.807, 2.05) is 37.3 Å². The lowest BCUT2D eigenvalue weighted by atomic mass is 10.2. The number of oxazole rings is 1. The number of rotatable bonds is 5. The molecule has 20 heavy (non-hydrogen) atoms. The van der Waals surface area contributed by atoms with Crippen LogP contribution in [-0.2, 0) is 6.42 Å². The minimum Gasteiger partial charge on any atom is -0.475 e. The van der Waals surface area contributed by atoms with Gasteiger partial charge in [-0.15, -0.1) is 0 Å². The molecular weight excluding hydrogens is 256 g/mol. The Kier molecular flexibility index (Phi) is 3.50. The van der Waals surface area contributed by atoms with Crippen LogP contribution in [-0.4, -0.2) is 16.7 Å². The number of aryl methyl sites for hydroxylation is 1. The molecule has 5 heteroatoms. The number of benzene rings is 1. The summed E-state index contributed by atoms with van der Waals surface area (Å²) in [5.41, 5.74) is 1.87. The molecule has 0 amide bonds. The number of nitrogens with zero attached hydrogens (tertiary/aromatic N) is 2. The summed E-state index contributed by atoms with van der Waals surface area (Å²) in [6.07, 6.45) is 2.14. The van der Waals surface area contributed by atoms with E-state index in [4.69, 9.17) is 13.7 Å². The van der Waals surface area contributed by atoms with Crippen molar-refractivity contribution < 1.29 is 13.7 Å². The van der Waals surface area contributed by atoms with Crippen LogP contribution in [0.1, 0.15) is 11.5 Å². The average Bonchev–Trinajstić information content (AvgIpc) is 3.11. The highest BCUT2D eigenvalue weighted by Crippen LogP contribution is 2.21. The Bertz CT molecular complexity index is 660. The maximum Gasteiger partial charge on any atom is 0.254 e. The Hall–Kier alpha value is -2.56. The molecule has 1 aromatic carbocycles. The third-order valence-corrected chi connectivity index (χ3v) is 2.92. The van der Waals surface area contributed by atoms with Crippen molar-refractivity contribution in [1.82, 2.24) is 10.1 Å². The average molecular weight is 270 g/mol. The van der Waals surface area contributed by atoms with Gasteiger partial charge in [0.05, 0.1) is 12.3 Å². The van der Waals surface area contributed by atoms with Gasteiger partial charge in [0.2, 0.25) is 5.89 Å². The van der Waals surface area contributed by atoms with E-state index < -0.39 is 0 Å². The van der Waals surface area contributed by atoms with Crippen LogP contribution in [0.25, 0.3) is 11.5 Å². The van der Waals surface area contributed by atoms with E-state index in [0.717, 1.165) is 17.0 Å². The quantitative estimate of drug-likeness (QED) is 0.712. The van der Waals surface area contributed by atoms with Gasteiger partial charge in [0.1, 0.15) is 12.0 Å². The lowest BCUT2D eigenvalue weighted by Gasteiger charge is -1.99. The Morgan fingerprint density at radius 2 is 2.00 bits per heavy atom. The zero-order chi connectivity index (χ0) is 13.8. The Balaban J connectivity index is 1.67. The van der Waals surface area contributed by atoms with Gasteiger partial charge < -0.3 is 13.7 Å². The lowest BCUT2D eigenvalue weighted by molar-refractivity contribution is 0.281. The van der Waals surface area contributed by atoms with Crippen LogP contribution < -0.4 is 4.74 Å². The van der Waals surface area contributed by atoms with Gasteiger partial charge in [-0.25, -0.2) is 4.98 Å². The minimum atomic E-state index is 0.480. The molecule has 0 spiro atoms. The summed E-state index contributed by atoms with van der Waals surface area (Å²) in [4.78, 5) is 4.51. The van der Waals surface area contributed by atoms with Gasteiger partial charge in [-0.05, 0) is 24.2 Å². The van der Waals surface area contributed by atoms with E-state index in [1.165, 1.54) is 6.26 Å². The lowest BCUT2D eigenvalue weighted by Crippen LogP contribution is -2.02. The molecule has 3 rings (SSSR count). The van der Waals surface area contributed by atoms with Crippen LogP contribution in [0.15, 0.2) is 51.6 Å². The Labute approximate surface area is 116 Å². The second-order valence-electron chi connectivity index (χ2n) is 4.32. The van der Waals surface area contributed by atoms with Crippen molar-refractivity contribution in [3.63, 3.8) is 0 Å². The predicted molar refractivity (Wildman–Crippen MR) is 72.4 cm³/mol. The maximum absolute atomic E-state index is 5.69. The highest BCUT2D eigenvalue weighted by atomic mass is 16.5. The SMILES string of the molecule is Cc1oc(-c2ccccc2)nc1CCOc1ccon1. The van der Waals surface area contributed by atoms with E-state index in [1.54, 1.807) is 6.07 Å². The summed E-state index contributed by atoms with van der Waals surface area (Å²) in [5, 5.41) is 3.68. The second kappa shape index (κ2) is 5.61. The summed E-state index contributed by atoms with van der Waals surface area (Å²) in [6.45, 7) is 2.39. The van der Waals surface area contributed by atoms with Gasteiger partial charge in [-0.2, -0.15) is 0 Å². The van der Waals surface area contributed by atoms with Crippen molar-refractivity contribution >= 4 is 0 Å². The highest BCUT2D eigenvalue weighted by Gasteiger charge is 2.11. The molecule has 0 N–H and O–H groups in total. The summed E-state index contributed by atoms with van der Waals surface area (Å²) in [7, 11) is 0. The van der Waals surface area contributed by atoms with Gasteiger partial charge in [-0.1, -0.05) is 18.2 Å². The molecule has 0 saturated carbocycles. The first-order valence-corrected chi connectivity index (χ1v) is 6.38. The number of aromatic nitrogens is 2. The second-order valence-corrected chi connectivity index (χ2v) is 4.32. The number of ether oxygens (including phenoxy) is 1. The van der Waals surface area contributed by atoms with Crippen LogP contribution in [0.2, 0.25) is 0 Å². The first-order chi connectivity index (χ1) is 9.83. The smallest absolute Gasteiger partial charge is 0.254 e. The van der Waals surface area contributed by atoms with E-state index in [2.05, 4.69) is 10.1 Å². The van der Waals surface area contributed by atoms with E-state index in [9.17, 15) is 0 Å². The van der Waals surface area contributed by atoms with Crippen molar-refractivity contribution in [1.29, 1.82) is 0 Å². The van der Waals surface area contributed by atoms with E-state index >= 15 is 0 Å². The predicted octanol–water partition coefficient (Wildman–Crippen LogP) is 3.26. The van der Waals surface area contributed by atoms with Crippen molar-refractivity contribution in [2.24, 2.45) is 0 Å². The molecular formula is C15H14N2O3. The topological polar surface area (TPSA) is 61.3 Å². The third-order valence-electron chi connectivity index (χ3n) is 2.92. The summed E-state index contributed by atoms with van der Waals surface area (Å²) < 4.78 is 15.8. The molecule has 0 unspecified atom stereocenters. The molecule has 0 bridgehead atoms. The molecule has 102 valence electrons. The summed E-state index contributed by atoms with van der Waals surface area (Å²) >= 11 is 0. The normalized spacial score (nSPS) is 10.7. The molecule has 2 aromatic heterocycles. The van der Waals surface area contributed by atoms with Gasteiger partial charge >= 0.3 is 0 Å². The van der Waals surface area contributed by atoms with E-state index in [-0.39, 0.29) is 0 Å². The first-order valence-electron chi connectivity index (χ1n) is 6.38. The van der Waals surface area contributed by atoms with E-state index in [0.29, 0.717) is 24.8 Å². The zero-order valence-corrected chi connectivity index (χ0v) is 11.1. The Morgan fingerprint density at radius 3 is 2.75 bits per heavy atom. The van der Waals surface area contributed by atoms with Gasteiger partial charge in [0, 0.05) is 18.1 Å². The molecule has 0 radical (unpaired) electrons. The molecule has 3 aromatic rings. The standard InChI is InChI=1S/C15H14N2O3/c1-11-13(7-9-18-14-8-10-19-17-14)16-15(20-11)12-5-3-2-4-6-12/h2-6,8,10H,7,9H2,1H3. The monoisotopic (exact) mass is 270 g/mol. The fourth-order valence-electron chi connectivity index (χ4n) is 1.89. The fraction of sp³-hybridized carbons (Fsp3) is 0.200. The molecule has 0 aliphatic rings. The Morgan fingerprint density at radius 1 is 1.15 bits per heavy atom. The van der Waals surface area contributed by atoms with Crippen LogP contribution in [0.3, 0.4) is 0 Å². The van der Waals surface area contributed by atoms with Crippen LogP contribution in [0.5, 0.6) is 5.88 Å². The number of hydrogen-bond acceptors (Lipinski definition) is 5. The maximum atomic E-state index is 5.69. The third kappa shape index (κ3) is 2.71. The van der Waals surface area contributed by atoms with Crippen molar-refractivity contribution in [3.8, 4) is 17.3 Å². The van der Waals surface area contributed by atoms with Crippen molar-refractivity contribution in [2.45, 2.75) is 13.3 Å². The van der Waals surface area contributed by atoms with Crippen molar-refractivity contribution in [3.05, 3.63) is 54.1 Å².